The number of hydrogen-bond acceptors (Lipinski definition) is 3. The molecule has 0 amide bonds. The summed E-state index contributed by atoms with van der Waals surface area (Å²) in [6.45, 7) is 3.10. The van der Waals surface area contributed by atoms with Gasteiger partial charge in [0.15, 0.2) is 0 Å². The van der Waals surface area contributed by atoms with Gasteiger partial charge in [-0.05, 0) is 35.9 Å². The van der Waals surface area contributed by atoms with E-state index in [1.54, 1.807) is 4.80 Å². The third-order valence-electron chi connectivity index (χ3n) is 4.47. The molecule has 0 fully saturated rings. The summed E-state index contributed by atoms with van der Waals surface area (Å²) in [5, 5.41) is 12.7. The summed E-state index contributed by atoms with van der Waals surface area (Å²) < 4.78 is 0. The van der Waals surface area contributed by atoms with E-state index in [9.17, 15) is 0 Å². The van der Waals surface area contributed by atoms with Crippen molar-refractivity contribution in [2.24, 2.45) is 0 Å². The van der Waals surface area contributed by atoms with Crippen LogP contribution in [0.1, 0.15) is 76.7 Å². The molecule has 1 aromatic heterocycles. The zero-order valence-electron chi connectivity index (χ0n) is 15.5. The maximum atomic E-state index is 5.37. The summed E-state index contributed by atoms with van der Waals surface area (Å²) in [6, 6.07) is 7.69. The van der Waals surface area contributed by atoms with Gasteiger partial charge < -0.3 is 0 Å². The van der Waals surface area contributed by atoms with Gasteiger partial charge >= 0.3 is 0 Å². The molecule has 0 saturated heterocycles. The minimum Gasteiger partial charge on any atom is -0.164 e. The standard InChI is InChI=1S/C21H30N4/c1-3-5-6-7-8-9-10-11-12-13-18-25-23-21(22-24-25)20-16-14-19(4-2)15-17-20/h2,14-17H,3,5-13,18H2,1H3. The highest BCUT2D eigenvalue weighted by Crippen LogP contribution is 2.14. The molecule has 4 nitrogen and oxygen atoms in total. The van der Waals surface area contributed by atoms with Crippen molar-refractivity contribution in [3.63, 3.8) is 0 Å². The molecule has 1 heterocycles. The van der Waals surface area contributed by atoms with Crippen LogP contribution in [0.5, 0.6) is 0 Å². The number of hydrogen-bond donors (Lipinski definition) is 0. The molecule has 0 unspecified atom stereocenters. The van der Waals surface area contributed by atoms with Crippen LogP contribution in [0.3, 0.4) is 0 Å². The Bertz CT molecular complexity index is 637. The van der Waals surface area contributed by atoms with Crippen LogP contribution < -0.4 is 0 Å². The van der Waals surface area contributed by atoms with Gasteiger partial charge in [-0.2, -0.15) is 4.80 Å². The topological polar surface area (TPSA) is 43.6 Å². The average molecular weight is 338 g/mol. The zero-order chi connectivity index (χ0) is 17.7. The lowest BCUT2D eigenvalue weighted by Crippen LogP contribution is -2.02. The van der Waals surface area contributed by atoms with Gasteiger partial charge in [-0.25, -0.2) is 0 Å². The van der Waals surface area contributed by atoms with Crippen molar-refractivity contribution in [1.82, 2.24) is 20.2 Å². The van der Waals surface area contributed by atoms with Crippen LogP contribution in [0.4, 0.5) is 0 Å². The molecule has 0 spiro atoms. The van der Waals surface area contributed by atoms with Crippen molar-refractivity contribution in [1.29, 1.82) is 0 Å². The number of tetrazole rings is 1. The van der Waals surface area contributed by atoms with Gasteiger partial charge in [-0.3, -0.25) is 0 Å². The van der Waals surface area contributed by atoms with Gasteiger partial charge in [0.1, 0.15) is 0 Å². The van der Waals surface area contributed by atoms with Gasteiger partial charge in [0.2, 0.25) is 5.82 Å². The third-order valence-corrected chi connectivity index (χ3v) is 4.47. The molecule has 1 aromatic carbocycles. The molecule has 0 aliphatic heterocycles. The van der Waals surface area contributed by atoms with E-state index in [4.69, 9.17) is 6.42 Å². The van der Waals surface area contributed by atoms with Crippen LogP contribution in [-0.2, 0) is 6.54 Å². The number of aryl methyl sites for hydroxylation is 1. The second kappa shape index (κ2) is 11.4. The Labute approximate surface area is 152 Å². The summed E-state index contributed by atoms with van der Waals surface area (Å²) in [4.78, 5) is 1.70. The van der Waals surface area contributed by atoms with Crippen LogP contribution in [0.25, 0.3) is 11.4 Å². The van der Waals surface area contributed by atoms with Crippen molar-refractivity contribution in [3.8, 4) is 23.7 Å². The van der Waals surface area contributed by atoms with Gasteiger partial charge in [0.25, 0.3) is 0 Å². The average Bonchev–Trinajstić information content (AvgIpc) is 3.12. The summed E-state index contributed by atoms with van der Waals surface area (Å²) in [6.07, 6.45) is 18.7. The van der Waals surface area contributed by atoms with Crippen molar-refractivity contribution in [2.75, 3.05) is 0 Å². The highest BCUT2D eigenvalue weighted by Gasteiger charge is 2.05. The van der Waals surface area contributed by atoms with Crippen molar-refractivity contribution in [3.05, 3.63) is 29.8 Å². The van der Waals surface area contributed by atoms with Crippen LogP contribution >= 0.6 is 0 Å². The largest absolute Gasteiger partial charge is 0.204 e. The molecule has 2 aromatic rings. The van der Waals surface area contributed by atoms with Crippen LogP contribution in [0.2, 0.25) is 0 Å². The summed E-state index contributed by atoms with van der Waals surface area (Å²) >= 11 is 0. The lowest BCUT2D eigenvalue weighted by atomic mass is 10.1. The SMILES string of the molecule is C#Cc1ccc(-c2nnn(CCCCCCCCCCCC)n2)cc1. The predicted molar refractivity (Wildman–Crippen MR) is 103 cm³/mol. The van der Waals surface area contributed by atoms with E-state index >= 15 is 0 Å². The van der Waals surface area contributed by atoms with Crippen molar-refractivity contribution < 1.29 is 0 Å². The number of rotatable bonds is 12. The first kappa shape index (κ1) is 19.2. The Hall–Kier alpha value is -2.15. The first-order valence-electron chi connectivity index (χ1n) is 9.68. The molecule has 2 rings (SSSR count). The third kappa shape index (κ3) is 7.09. The first-order chi connectivity index (χ1) is 12.3. The highest BCUT2D eigenvalue weighted by atomic mass is 15.6. The molecule has 0 aliphatic carbocycles. The van der Waals surface area contributed by atoms with Crippen molar-refractivity contribution in [2.45, 2.75) is 77.7 Å². The minimum atomic E-state index is 0.663. The van der Waals surface area contributed by atoms with Gasteiger partial charge in [0.05, 0.1) is 6.54 Å². The molecular weight excluding hydrogens is 308 g/mol. The van der Waals surface area contributed by atoms with Crippen LogP contribution in [-0.4, -0.2) is 20.2 Å². The molecule has 0 bridgehead atoms. The Morgan fingerprint density at radius 3 is 2.08 bits per heavy atom. The minimum absolute atomic E-state index is 0.663. The first-order valence-corrected chi connectivity index (χ1v) is 9.68. The number of aromatic nitrogens is 4. The number of terminal acetylenes is 1. The zero-order valence-corrected chi connectivity index (χ0v) is 15.5. The fourth-order valence-electron chi connectivity index (χ4n) is 2.91. The second-order valence-corrected chi connectivity index (χ2v) is 6.61. The maximum absolute atomic E-state index is 5.37. The van der Waals surface area contributed by atoms with E-state index in [0.717, 1.165) is 24.1 Å². The quantitative estimate of drug-likeness (QED) is 0.392. The van der Waals surface area contributed by atoms with Crippen LogP contribution in [0, 0.1) is 12.3 Å². The Morgan fingerprint density at radius 2 is 1.48 bits per heavy atom. The lowest BCUT2D eigenvalue weighted by Gasteiger charge is -2.02. The van der Waals surface area contributed by atoms with E-state index < -0.39 is 0 Å². The summed E-state index contributed by atoms with van der Waals surface area (Å²) in [5.41, 5.74) is 1.81. The maximum Gasteiger partial charge on any atom is 0.204 e. The molecule has 0 aliphatic rings. The molecule has 0 saturated carbocycles. The van der Waals surface area contributed by atoms with Crippen molar-refractivity contribution >= 4 is 0 Å². The molecule has 134 valence electrons. The molecule has 4 heteroatoms. The molecule has 0 atom stereocenters. The van der Waals surface area contributed by atoms with E-state index in [-0.39, 0.29) is 0 Å². The van der Waals surface area contributed by atoms with E-state index in [1.165, 1.54) is 57.8 Å². The fraction of sp³-hybridized carbons (Fsp3) is 0.571. The summed E-state index contributed by atoms with van der Waals surface area (Å²) in [5.74, 6) is 3.27. The lowest BCUT2D eigenvalue weighted by molar-refractivity contribution is 0.471. The van der Waals surface area contributed by atoms with E-state index in [0.29, 0.717) is 5.82 Å². The fourth-order valence-corrected chi connectivity index (χ4v) is 2.91. The molecular formula is C21H30N4. The van der Waals surface area contributed by atoms with E-state index in [1.807, 2.05) is 24.3 Å². The number of unbranched alkanes of at least 4 members (excludes halogenated alkanes) is 9. The smallest absolute Gasteiger partial charge is 0.164 e. The number of nitrogens with zero attached hydrogens (tertiary/aromatic N) is 4. The monoisotopic (exact) mass is 338 g/mol. The Balaban J connectivity index is 1.59. The molecule has 25 heavy (non-hydrogen) atoms. The Morgan fingerprint density at radius 1 is 0.880 bits per heavy atom. The van der Waals surface area contributed by atoms with Gasteiger partial charge in [0, 0.05) is 11.1 Å². The predicted octanol–water partition coefficient (Wildman–Crippen LogP) is 5.24. The Kier molecular flexibility index (Phi) is 8.75. The van der Waals surface area contributed by atoms with Gasteiger partial charge in [-0.1, -0.05) is 70.6 Å². The molecule has 0 N–H and O–H groups in total. The highest BCUT2D eigenvalue weighted by molar-refractivity contribution is 5.55. The second-order valence-electron chi connectivity index (χ2n) is 6.61. The number of benzene rings is 1. The summed E-state index contributed by atoms with van der Waals surface area (Å²) in [7, 11) is 0. The normalized spacial score (nSPS) is 10.7. The van der Waals surface area contributed by atoms with Gasteiger partial charge in [-0.15, -0.1) is 16.6 Å². The van der Waals surface area contributed by atoms with E-state index in [2.05, 4.69) is 28.3 Å². The molecule has 0 radical (unpaired) electrons. The van der Waals surface area contributed by atoms with Crippen LogP contribution in [0.15, 0.2) is 24.3 Å².